The molecule has 0 aliphatic heterocycles. The first-order valence-corrected chi connectivity index (χ1v) is 7.38. The van der Waals surface area contributed by atoms with Crippen molar-refractivity contribution in [3.63, 3.8) is 0 Å². The molecule has 0 spiro atoms. The summed E-state index contributed by atoms with van der Waals surface area (Å²) in [4.78, 5) is 14.3. The molecule has 0 bridgehead atoms. The summed E-state index contributed by atoms with van der Waals surface area (Å²) in [6, 6.07) is 6.59. The number of ketones is 1. The maximum Gasteiger partial charge on any atom is 0.137 e. The minimum Gasteiger partial charge on any atom is -0.374 e. The van der Waals surface area contributed by atoms with Crippen LogP contribution in [0, 0.1) is 19.8 Å². The third-order valence-corrected chi connectivity index (χ3v) is 4.07. The van der Waals surface area contributed by atoms with Gasteiger partial charge in [0.15, 0.2) is 0 Å². The lowest BCUT2D eigenvalue weighted by Gasteiger charge is -2.25. The third kappa shape index (κ3) is 3.82. The molecule has 2 nitrogen and oxygen atoms in total. The monoisotopic (exact) mass is 259 g/mol. The fraction of sp³-hybridized carbons (Fsp3) is 0.588. The molecule has 0 saturated heterocycles. The van der Waals surface area contributed by atoms with Crippen molar-refractivity contribution in [3.8, 4) is 0 Å². The molecule has 0 radical (unpaired) electrons. The van der Waals surface area contributed by atoms with Gasteiger partial charge in [-0.3, -0.25) is 4.79 Å². The van der Waals surface area contributed by atoms with Gasteiger partial charge in [-0.1, -0.05) is 18.9 Å². The second-order valence-corrected chi connectivity index (χ2v) is 5.99. The van der Waals surface area contributed by atoms with Gasteiger partial charge in [-0.05, 0) is 49.9 Å². The van der Waals surface area contributed by atoms with Crippen molar-refractivity contribution in [2.24, 2.45) is 5.92 Å². The van der Waals surface area contributed by atoms with E-state index in [-0.39, 0.29) is 5.92 Å². The summed E-state index contributed by atoms with van der Waals surface area (Å²) in [6.45, 7) is 5.12. The van der Waals surface area contributed by atoms with E-state index < -0.39 is 0 Å². The van der Waals surface area contributed by atoms with Crippen molar-refractivity contribution in [1.29, 1.82) is 0 Å². The zero-order valence-corrected chi connectivity index (χ0v) is 12.4. The van der Waals surface area contributed by atoms with Gasteiger partial charge in [0.05, 0.1) is 0 Å². The molecule has 1 fully saturated rings. The van der Waals surface area contributed by atoms with Gasteiger partial charge in [-0.15, -0.1) is 0 Å². The highest BCUT2D eigenvalue weighted by atomic mass is 16.1. The summed E-state index contributed by atoms with van der Waals surface area (Å²) >= 11 is 0. The zero-order valence-electron chi connectivity index (χ0n) is 12.4. The van der Waals surface area contributed by atoms with Gasteiger partial charge in [0, 0.05) is 31.6 Å². The Labute approximate surface area is 116 Å². The second-order valence-electron chi connectivity index (χ2n) is 5.99. The Kier molecular flexibility index (Phi) is 4.62. The molecular weight excluding hydrogens is 234 g/mol. The van der Waals surface area contributed by atoms with E-state index in [4.69, 9.17) is 0 Å². The Balaban J connectivity index is 2.06. The highest BCUT2D eigenvalue weighted by Gasteiger charge is 2.22. The van der Waals surface area contributed by atoms with E-state index in [9.17, 15) is 4.79 Å². The average Bonchev–Trinajstić information content (AvgIpc) is 2.54. The highest BCUT2D eigenvalue weighted by Crippen LogP contribution is 2.24. The molecule has 1 unspecified atom stereocenters. The predicted octanol–water partition coefficient (Wildman–Crippen LogP) is 3.89. The molecule has 1 aromatic rings. The number of rotatable bonds is 3. The van der Waals surface area contributed by atoms with Crippen molar-refractivity contribution in [2.45, 2.75) is 46.0 Å². The molecule has 1 aliphatic rings. The SMILES string of the molecule is Cc1cc(C)cc(N(C)CC2CCCCCC2=O)c1. The largest absolute Gasteiger partial charge is 0.374 e. The predicted molar refractivity (Wildman–Crippen MR) is 80.8 cm³/mol. The van der Waals surface area contributed by atoms with E-state index in [2.05, 4.69) is 44.0 Å². The Bertz CT molecular complexity index is 432. The number of hydrogen-bond acceptors (Lipinski definition) is 2. The van der Waals surface area contributed by atoms with Crippen LogP contribution >= 0.6 is 0 Å². The van der Waals surface area contributed by atoms with Crippen LogP contribution < -0.4 is 4.90 Å². The second kappa shape index (κ2) is 6.23. The summed E-state index contributed by atoms with van der Waals surface area (Å²) in [5.74, 6) is 0.696. The number of aryl methyl sites for hydroxylation is 2. The first-order chi connectivity index (χ1) is 9.06. The molecule has 104 valence electrons. The van der Waals surface area contributed by atoms with Gasteiger partial charge in [0.2, 0.25) is 0 Å². The molecule has 19 heavy (non-hydrogen) atoms. The number of carbonyl (C=O) groups excluding carboxylic acids is 1. The molecule has 1 atom stereocenters. The Morgan fingerprint density at radius 1 is 1.11 bits per heavy atom. The quantitative estimate of drug-likeness (QED) is 0.768. The van der Waals surface area contributed by atoms with E-state index in [1.54, 1.807) is 0 Å². The molecule has 1 aromatic carbocycles. The molecular formula is C17H25NO. The van der Waals surface area contributed by atoms with Crippen LogP contribution in [0.3, 0.4) is 0 Å². The van der Waals surface area contributed by atoms with Crippen LogP contribution in [0.2, 0.25) is 0 Å². The van der Waals surface area contributed by atoms with Crippen molar-refractivity contribution < 1.29 is 4.79 Å². The molecule has 1 saturated carbocycles. The number of carbonyl (C=O) groups is 1. The molecule has 0 amide bonds. The molecule has 0 aromatic heterocycles. The fourth-order valence-corrected chi connectivity index (χ4v) is 3.03. The van der Waals surface area contributed by atoms with E-state index in [1.807, 2.05) is 0 Å². The van der Waals surface area contributed by atoms with Gasteiger partial charge in [0.1, 0.15) is 5.78 Å². The average molecular weight is 259 g/mol. The summed E-state index contributed by atoms with van der Waals surface area (Å²) < 4.78 is 0. The van der Waals surface area contributed by atoms with E-state index >= 15 is 0 Å². The minimum atomic E-state index is 0.230. The van der Waals surface area contributed by atoms with Crippen molar-refractivity contribution in [3.05, 3.63) is 29.3 Å². The van der Waals surface area contributed by atoms with Crippen molar-refractivity contribution in [2.75, 3.05) is 18.5 Å². The normalized spacial score (nSPS) is 20.2. The zero-order chi connectivity index (χ0) is 13.8. The lowest BCUT2D eigenvalue weighted by molar-refractivity contribution is -0.122. The summed E-state index contributed by atoms with van der Waals surface area (Å²) in [6.07, 6.45) is 5.36. The molecule has 2 heteroatoms. The van der Waals surface area contributed by atoms with Gasteiger partial charge in [-0.25, -0.2) is 0 Å². The molecule has 0 heterocycles. The fourth-order valence-electron chi connectivity index (χ4n) is 3.03. The van der Waals surface area contributed by atoms with Crippen LogP contribution in [0.25, 0.3) is 0 Å². The Morgan fingerprint density at radius 2 is 1.79 bits per heavy atom. The lowest BCUT2D eigenvalue weighted by atomic mass is 9.98. The first-order valence-electron chi connectivity index (χ1n) is 7.38. The number of hydrogen-bond donors (Lipinski definition) is 0. The van der Waals surface area contributed by atoms with Crippen LogP contribution in [-0.2, 0) is 4.79 Å². The minimum absolute atomic E-state index is 0.230. The van der Waals surface area contributed by atoms with Crippen LogP contribution in [0.4, 0.5) is 5.69 Å². The van der Waals surface area contributed by atoms with Crippen molar-refractivity contribution in [1.82, 2.24) is 0 Å². The standard InChI is InChI=1S/C17H25NO/c1-13-9-14(2)11-16(10-13)18(3)12-15-7-5-4-6-8-17(15)19/h9-11,15H,4-8,12H2,1-3H3. The van der Waals surface area contributed by atoms with Crippen LogP contribution in [-0.4, -0.2) is 19.4 Å². The first kappa shape index (κ1) is 14.1. The summed E-state index contributed by atoms with van der Waals surface area (Å²) in [5.41, 5.74) is 3.80. The van der Waals surface area contributed by atoms with Gasteiger partial charge >= 0.3 is 0 Å². The lowest BCUT2D eigenvalue weighted by Crippen LogP contribution is -2.29. The van der Waals surface area contributed by atoms with Gasteiger partial charge in [-0.2, -0.15) is 0 Å². The van der Waals surface area contributed by atoms with E-state index in [0.717, 1.165) is 25.8 Å². The number of anilines is 1. The molecule has 1 aliphatic carbocycles. The molecule has 2 rings (SSSR count). The summed E-state index contributed by atoms with van der Waals surface area (Å²) in [7, 11) is 2.10. The van der Waals surface area contributed by atoms with Crippen LogP contribution in [0.1, 0.15) is 43.2 Å². The topological polar surface area (TPSA) is 20.3 Å². The van der Waals surface area contributed by atoms with E-state index in [1.165, 1.54) is 29.7 Å². The Hall–Kier alpha value is -1.31. The van der Waals surface area contributed by atoms with Crippen LogP contribution in [0.5, 0.6) is 0 Å². The number of Topliss-reactive ketones (excluding diaryl/α,β-unsaturated/α-hetero) is 1. The van der Waals surface area contributed by atoms with Crippen molar-refractivity contribution >= 4 is 11.5 Å². The Morgan fingerprint density at radius 3 is 2.47 bits per heavy atom. The highest BCUT2D eigenvalue weighted by molar-refractivity contribution is 5.81. The van der Waals surface area contributed by atoms with Gasteiger partial charge < -0.3 is 4.90 Å². The third-order valence-electron chi connectivity index (χ3n) is 4.07. The number of nitrogens with zero attached hydrogens (tertiary/aromatic N) is 1. The molecule has 0 N–H and O–H groups in total. The summed E-state index contributed by atoms with van der Waals surface area (Å²) in [5, 5.41) is 0. The number of benzene rings is 1. The van der Waals surface area contributed by atoms with Gasteiger partial charge in [0.25, 0.3) is 0 Å². The van der Waals surface area contributed by atoms with Crippen LogP contribution in [0.15, 0.2) is 18.2 Å². The maximum atomic E-state index is 12.1. The maximum absolute atomic E-state index is 12.1. The smallest absolute Gasteiger partial charge is 0.137 e. The van der Waals surface area contributed by atoms with E-state index in [0.29, 0.717) is 5.78 Å².